The number of carbonyl (C=O) groups is 1. The molecular weight excluding hydrogens is 208 g/mol. The van der Waals surface area contributed by atoms with Gasteiger partial charge in [0, 0.05) is 31.9 Å². The minimum atomic E-state index is -0.426. The molecule has 1 rings (SSSR count). The van der Waals surface area contributed by atoms with Crippen LogP contribution in [0.25, 0.3) is 0 Å². The molecule has 5 heteroatoms. The van der Waals surface area contributed by atoms with E-state index in [1.165, 1.54) is 4.90 Å². The number of hydrogen-bond acceptors (Lipinski definition) is 4. The quantitative estimate of drug-likeness (QED) is 0.799. The first kappa shape index (κ1) is 12.4. The van der Waals surface area contributed by atoms with E-state index in [1.54, 1.807) is 13.2 Å². The van der Waals surface area contributed by atoms with Crippen molar-refractivity contribution in [3.63, 3.8) is 0 Å². The van der Waals surface area contributed by atoms with Gasteiger partial charge in [0.1, 0.15) is 6.61 Å². The smallest absolute Gasteiger partial charge is 0.409 e. The zero-order chi connectivity index (χ0) is 11.8. The summed E-state index contributed by atoms with van der Waals surface area (Å²) in [7, 11) is 1.66. The van der Waals surface area contributed by atoms with Crippen LogP contribution in [0.5, 0.6) is 0 Å². The van der Waals surface area contributed by atoms with Crippen LogP contribution in [-0.4, -0.2) is 47.9 Å². The highest BCUT2D eigenvalue weighted by molar-refractivity contribution is 5.67. The molecule has 0 unspecified atom stereocenters. The molecule has 16 heavy (non-hydrogen) atoms. The predicted octanol–water partition coefficient (Wildman–Crippen LogP) is 0.685. The molecule has 0 aromatic carbocycles. The number of rotatable bonds is 5. The van der Waals surface area contributed by atoms with E-state index in [0.717, 1.165) is 5.69 Å². The minimum absolute atomic E-state index is 0.0345. The summed E-state index contributed by atoms with van der Waals surface area (Å²) in [6, 6.07) is 5.67. The molecule has 0 spiro atoms. The standard InChI is InChI=1S/C11H16N2O3/c1-13(11(15)16-9-8-14)7-5-10-4-2-3-6-12-10/h2-4,6,14H,5,7-9H2,1H3. The van der Waals surface area contributed by atoms with Crippen LogP contribution in [0.1, 0.15) is 5.69 Å². The van der Waals surface area contributed by atoms with Gasteiger partial charge in [0.25, 0.3) is 0 Å². The molecule has 0 radical (unpaired) electrons. The van der Waals surface area contributed by atoms with Gasteiger partial charge in [-0.3, -0.25) is 4.98 Å². The summed E-state index contributed by atoms with van der Waals surface area (Å²) in [6.07, 6.45) is 1.98. The lowest BCUT2D eigenvalue weighted by molar-refractivity contribution is 0.0913. The van der Waals surface area contributed by atoms with E-state index >= 15 is 0 Å². The fraction of sp³-hybridized carbons (Fsp3) is 0.455. The maximum atomic E-state index is 11.3. The molecule has 0 atom stereocenters. The first-order valence-corrected chi connectivity index (χ1v) is 5.12. The van der Waals surface area contributed by atoms with Crippen LogP contribution >= 0.6 is 0 Å². The fourth-order valence-corrected chi connectivity index (χ4v) is 1.16. The molecule has 1 aromatic rings. The summed E-state index contributed by atoms with van der Waals surface area (Å²) < 4.78 is 4.76. The third kappa shape index (κ3) is 4.27. The normalized spacial score (nSPS) is 9.88. The second-order valence-electron chi connectivity index (χ2n) is 3.33. The van der Waals surface area contributed by atoms with Crippen LogP contribution in [0, 0.1) is 0 Å². The van der Waals surface area contributed by atoms with E-state index in [2.05, 4.69) is 4.98 Å². The van der Waals surface area contributed by atoms with Crippen molar-refractivity contribution in [2.75, 3.05) is 26.8 Å². The third-order valence-corrected chi connectivity index (χ3v) is 2.06. The molecule has 0 aliphatic heterocycles. The van der Waals surface area contributed by atoms with Gasteiger partial charge < -0.3 is 14.7 Å². The van der Waals surface area contributed by atoms with Crippen molar-refractivity contribution < 1.29 is 14.6 Å². The number of aromatic nitrogens is 1. The molecule has 1 heterocycles. The summed E-state index contributed by atoms with van der Waals surface area (Å²) in [5, 5.41) is 8.50. The number of aliphatic hydroxyl groups excluding tert-OH is 1. The number of pyridine rings is 1. The van der Waals surface area contributed by atoms with Crippen molar-refractivity contribution in [3.8, 4) is 0 Å². The molecule has 0 saturated heterocycles. The number of aliphatic hydroxyl groups is 1. The largest absolute Gasteiger partial charge is 0.447 e. The molecule has 88 valence electrons. The third-order valence-electron chi connectivity index (χ3n) is 2.06. The van der Waals surface area contributed by atoms with Crippen LogP contribution in [0.2, 0.25) is 0 Å². The number of nitrogens with zero attached hydrogens (tertiary/aromatic N) is 2. The first-order chi connectivity index (χ1) is 7.74. The van der Waals surface area contributed by atoms with Gasteiger partial charge in [-0.15, -0.1) is 0 Å². The van der Waals surface area contributed by atoms with Crippen LogP contribution < -0.4 is 0 Å². The summed E-state index contributed by atoms with van der Waals surface area (Å²) in [5.41, 5.74) is 0.935. The Morgan fingerprint density at radius 3 is 3.00 bits per heavy atom. The van der Waals surface area contributed by atoms with E-state index in [9.17, 15) is 4.79 Å². The summed E-state index contributed by atoms with van der Waals surface area (Å²) in [6.45, 7) is 0.424. The molecular formula is C11H16N2O3. The number of likely N-dealkylation sites (N-methyl/N-ethyl adjacent to an activating group) is 1. The maximum Gasteiger partial charge on any atom is 0.409 e. The summed E-state index contributed by atoms with van der Waals surface area (Å²) in [4.78, 5) is 16.9. The second-order valence-corrected chi connectivity index (χ2v) is 3.33. The van der Waals surface area contributed by atoms with Crippen LogP contribution in [0.15, 0.2) is 24.4 Å². The van der Waals surface area contributed by atoms with Crippen molar-refractivity contribution in [2.24, 2.45) is 0 Å². The van der Waals surface area contributed by atoms with E-state index in [0.29, 0.717) is 13.0 Å². The number of ether oxygens (including phenoxy) is 1. The molecule has 0 saturated carbocycles. The predicted molar refractivity (Wildman–Crippen MR) is 59.0 cm³/mol. The Hall–Kier alpha value is -1.62. The Labute approximate surface area is 94.7 Å². The molecule has 5 nitrogen and oxygen atoms in total. The second kappa shape index (κ2) is 6.79. The van der Waals surface area contributed by atoms with Gasteiger partial charge in [-0.2, -0.15) is 0 Å². The highest BCUT2D eigenvalue weighted by Gasteiger charge is 2.09. The zero-order valence-electron chi connectivity index (χ0n) is 9.30. The zero-order valence-corrected chi connectivity index (χ0v) is 9.30. The van der Waals surface area contributed by atoms with Gasteiger partial charge in [0.2, 0.25) is 0 Å². The average Bonchev–Trinajstić information content (AvgIpc) is 2.34. The first-order valence-electron chi connectivity index (χ1n) is 5.12. The molecule has 0 aliphatic rings. The average molecular weight is 224 g/mol. The topological polar surface area (TPSA) is 62.7 Å². The van der Waals surface area contributed by atoms with Gasteiger partial charge in [-0.25, -0.2) is 4.79 Å². The van der Waals surface area contributed by atoms with Gasteiger partial charge >= 0.3 is 6.09 Å². The van der Waals surface area contributed by atoms with Crippen molar-refractivity contribution in [1.82, 2.24) is 9.88 Å². The van der Waals surface area contributed by atoms with Gasteiger partial charge in [-0.05, 0) is 12.1 Å². The van der Waals surface area contributed by atoms with E-state index < -0.39 is 6.09 Å². The fourth-order valence-electron chi connectivity index (χ4n) is 1.16. The Bertz CT molecular complexity index is 316. The number of amides is 1. The van der Waals surface area contributed by atoms with Crippen molar-refractivity contribution in [3.05, 3.63) is 30.1 Å². The monoisotopic (exact) mass is 224 g/mol. The Morgan fingerprint density at radius 1 is 1.56 bits per heavy atom. The molecule has 1 amide bonds. The molecule has 1 N–H and O–H groups in total. The highest BCUT2D eigenvalue weighted by Crippen LogP contribution is 1.97. The number of hydrogen-bond donors (Lipinski definition) is 1. The van der Waals surface area contributed by atoms with Gasteiger partial charge in [-0.1, -0.05) is 6.07 Å². The maximum absolute atomic E-state index is 11.3. The molecule has 0 aliphatic carbocycles. The van der Waals surface area contributed by atoms with E-state index in [1.807, 2.05) is 18.2 Å². The number of carbonyl (C=O) groups excluding carboxylic acids is 1. The van der Waals surface area contributed by atoms with Gasteiger partial charge in [0.15, 0.2) is 0 Å². The molecule has 0 bridgehead atoms. The Kier molecular flexibility index (Phi) is 5.28. The SMILES string of the molecule is CN(CCc1ccccn1)C(=O)OCCO. The van der Waals surface area contributed by atoms with E-state index in [4.69, 9.17) is 9.84 Å². The van der Waals surface area contributed by atoms with Crippen molar-refractivity contribution in [1.29, 1.82) is 0 Å². The van der Waals surface area contributed by atoms with Crippen molar-refractivity contribution >= 4 is 6.09 Å². The molecule has 1 aromatic heterocycles. The van der Waals surface area contributed by atoms with Crippen LogP contribution in [0.3, 0.4) is 0 Å². The van der Waals surface area contributed by atoms with E-state index in [-0.39, 0.29) is 13.2 Å². The van der Waals surface area contributed by atoms with Crippen LogP contribution in [0.4, 0.5) is 4.79 Å². The van der Waals surface area contributed by atoms with Gasteiger partial charge in [0.05, 0.1) is 6.61 Å². The molecule has 0 fully saturated rings. The summed E-state index contributed by atoms with van der Waals surface area (Å²) in [5.74, 6) is 0. The van der Waals surface area contributed by atoms with Crippen LogP contribution in [-0.2, 0) is 11.2 Å². The lowest BCUT2D eigenvalue weighted by atomic mass is 10.2. The lowest BCUT2D eigenvalue weighted by Gasteiger charge is -2.16. The highest BCUT2D eigenvalue weighted by atomic mass is 16.6. The Morgan fingerprint density at radius 2 is 2.38 bits per heavy atom. The Balaban J connectivity index is 2.29. The van der Waals surface area contributed by atoms with Crippen molar-refractivity contribution in [2.45, 2.75) is 6.42 Å². The lowest BCUT2D eigenvalue weighted by Crippen LogP contribution is -2.30. The summed E-state index contributed by atoms with van der Waals surface area (Å²) >= 11 is 0. The minimum Gasteiger partial charge on any atom is -0.447 e.